The topological polar surface area (TPSA) is 59.6 Å². The second-order valence-corrected chi connectivity index (χ2v) is 5.68. The number of benzene rings is 2. The number of carbonyl (C=O) groups excluding carboxylic acids is 1. The summed E-state index contributed by atoms with van der Waals surface area (Å²) in [6, 6.07) is 10.0. The Morgan fingerprint density at radius 2 is 1.88 bits per heavy atom. The molecule has 0 aromatic heterocycles. The fourth-order valence-corrected chi connectivity index (χ4v) is 2.35. The number of aryl methyl sites for hydroxylation is 2. The number of halogens is 1. The van der Waals surface area contributed by atoms with E-state index < -0.39 is 11.9 Å². The Hall–Kier alpha value is -2.67. The maximum absolute atomic E-state index is 14.3. The Labute approximate surface area is 151 Å². The molecule has 2 N–H and O–H groups in total. The van der Waals surface area contributed by atoms with Crippen molar-refractivity contribution < 1.29 is 18.7 Å². The van der Waals surface area contributed by atoms with Crippen LogP contribution in [-0.2, 0) is 4.74 Å². The molecule has 25 heavy (non-hydrogen) atoms. The van der Waals surface area contributed by atoms with Crippen LogP contribution in [0.2, 0.25) is 0 Å². The van der Waals surface area contributed by atoms with E-state index in [-0.39, 0.29) is 17.5 Å². The zero-order chi connectivity index (χ0) is 18.4. The summed E-state index contributed by atoms with van der Waals surface area (Å²) in [6.07, 6.45) is -0.671. The van der Waals surface area contributed by atoms with E-state index in [1.54, 1.807) is 13.0 Å². The monoisotopic (exact) mass is 362 g/mol. The first kappa shape index (κ1) is 18.7. The van der Waals surface area contributed by atoms with Crippen molar-refractivity contribution in [3.05, 3.63) is 53.3 Å². The van der Waals surface area contributed by atoms with Gasteiger partial charge in [-0.15, -0.1) is 0 Å². The summed E-state index contributed by atoms with van der Waals surface area (Å²) >= 11 is 4.96. The minimum atomic E-state index is -0.671. The summed E-state index contributed by atoms with van der Waals surface area (Å²) in [5, 5.41) is 5.05. The fourth-order valence-electron chi connectivity index (χ4n) is 2.15. The van der Waals surface area contributed by atoms with E-state index >= 15 is 0 Å². The molecule has 0 saturated carbocycles. The summed E-state index contributed by atoms with van der Waals surface area (Å²) < 4.78 is 24.7. The smallest absolute Gasteiger partial charge is 0.413 e. The predicted octanol–water partition coefficient (Wildman–Crippen LogP) is 4.68. The van der Waals surface area contributed by atoms with Gasteiger partial charge >= 0.3 is 6.09 Å². The molecule has 0 saturated heterocycles. The van der Waals surface area contributed by atoms with Crippen LogP contribution in [0.4, 0.5) is 14.9 Å². The van der Waals surface area contributed by atoms with Crippen molar-refractivity contribution in [2.45, 2.75) is 20.8 Å². The van der Waals surface area contributed by atoms with Crippen molar-refractivity contribution in [3.63, 3.8) is 0 Å². The number of ether oxygens (including phenoxy) is 2. The SMILES string of the molecule is CCOC(=O)NC(=S)Nc1ccc(Oc2c(C)cccc2C)c(F)c1. The molecule has 2 rings (SSSR count). The third kappa shape index (κ3) is 5.15. The van der Waals surface area contributed by atoms with Crippen LogP contribution >= 0.6 is 12.2 Å². The summed E-state index contributed by atoms with van der Waals surface area (Å²) in [5.74, 6) is 0.181. The van der Waals surface area contributed by atoms with Gasteiger partial charge in [0.2, 0.25) is 0 Å². The van der Waals surface area contributed by atoms with E-state index in [4.69, 9.17) is 21.7 Å². The van der Waals surface area contributed by atoms with Crippen LogP contribution in [0, 0.1) is 19.7 Å². The van der Waals surface area contributed by atoms with Gasteiger partial charge in [-0.2, -0.15) is 0 Å². The minimum Gasteiger partial charge on any atom is -0.454 e. The number of thiocarbonyl (C=S) groups is 1. The Balaban J connectivity index is 2.08. The van der Waals surface area contributed by atoms with Gasteiger partial charge in [-0.3, -0.25) is 5.32 Å². The molecule has 7 heteroatoms. The molecule has 2 aromatic rings. The summed E-state index contributed by atoms with van der Waals surface area (Å²) in [5.41, 5.74) is 2.22. The molecule has 0 aliphatic heterocycles. The molecule has 0 unspecified atom stereocenters. The van der Waals surface area contributed by atoms with Gasteiger partial charge in [0, 0.05) is 11.8 Å². The molecule has 0 fully saturated rings. The van der Waals surface area contributed by atoms with Gasteiger partial charge < -0.3 is 14.8 Å². The predicted molar refractivity (Wildman–Crippen MR) is 98.8 cm³/mol. The lowest BCUT2D eigenvalue weighted by Crippen LogP contribution is -2.34. The molecule has 0 aliphatic carbocycles. The Morgan fingerprint density at radius 3 is 2.48 bits per heavy atom. The van der Waals surface area contributed by atoms with Crippen molar-refractivity contribution in [3.8, 4) is 11.5 Å². The normalized spacial score (nSPS) is 10.1. The second-order valence-electron chi connectivity index (χ2n) is 5.27. The number of para-hydroxylation sites is 1. The maximum Gasteiger partial charge on any atom is 0.413 e. The summed E-state index contributed by atoms with van der Waals surface area (Å²) in [4.78, 5) is 11.3. The number of hydrogen-bond donors (Lipinski definition) is 2. The standard InChI is InChI=1S/C18H19FN2O3S/c1-4-23-18(22)21-17(25)20-13-8-9-15(14(19)10-13)24-16-11(2)6-5-7-12(16)3/h5-10H,4H2,1-3H3,(H2,20,21,22,25). The van der Waals surface area contributed by atoms with Crippen molar-refractivity contribution in [1.29, 1.82) is 0 Å². The molecule has 0 heterocycles. The maximum atomic E-state index is 14.3. The van der Waals surface area contributed by atoms with Gasteiger partial charge in [-0.05, 0) is 56.2 Å². The number of alkyl carbamates (subject to hydrolysis) is 1. The van der Waals surface area contributed by atoms with Crippen LogP contribution in [-0.4, -0.2) is 17.8 Å². The number of amides is 1. The molecule has 1 amide bonds. The van der Waals surface area contributed by atoms with E-state index in [1.165, 1.54) is 12.1 Å². The van der Waals surface area contributed by atoms with Crippen LogP contribution in [0.25, 0.3) is 0 Å². The van der Waals surface area contributed by atoms with E-state index in [9.17, 15) is 9.18 Å². The molecule has 0 spiro atoms. The lowest BCUT2D eigenvalue weighted by atomic mass is 10.1. The zero-order valence-electron chi connectivity index (χ0n) is 14.2. The third-order valence-electron chi connectivity index (χ3n) is 3.30. The van der Waals surface area contributed by atoms with Crippen LogP contribution in [0.15, 0.2) is 36.4 Å². The first-order chi connectivity index (χ1) is 11.9. The highest BCUT2D eigenvalue weighted by atomic mass is 32.1. The Kier molecular flexibility index (Phi) is 6.30. The van der Waals surface area contributed by atoms with Gasteiger partial charge in [-0.25, -0.2) is 9.18 Å². The number of rotatable bonds is 4. The highest BCUT2D eigenvalue weighted by Crippen LogP contribution is 2.31. The number of nitrogens with one attached hydrogen (secondary N) is 2. The lowest BCUT2D eigenvalue weighted by Gasteiger charge is -2.14. The summed E-state index contributed by atoms with van der Waals surface area (Å²) in [6.45, 7) is 5.71. The number of carbonyl (C=O) groups is 1. The Bertz CT molecular complexity index is 776. The third-order valence-corrected chi connectivity index (χ3v) is 3.51. The molecule has 0 radical (unpaired) electrons. The molecule has 0 bridgehead atoms. The quantitative estimate of drug-likeness (QED) is 0.774. The average Bonchev–Trinajstić information content (AvgIpc) is 2.53. The highest BCUT2D eigenvalue weighted by Gasteiger charge is 2.11. The van der Waals surface area contributed by atoms with Crippen molar-refractivity contribution >= 4 is 29.1 Å². The van der Waals surface area contributed by atoms with E-state index in [1.807, 2.05) is 32.0 Å². The van der Waals surface area contributed by atoms with Crippen LogP contribution in [0.5, 0.6) is 11.5 Å². The molecular formula is C18H19FN2O3S. The van der Waals surface area contributed by atoms with Gasteiger partial charge in [-0.1, -0.05) is 18.2 Å². The molecule has 0 atom stereocenters. The van der Waals surface area contributed by atoms with E-state index in [0.29, 0.717) is 11.4 Å². The first-order valence-electron chi connectivity index (χ1n) is 7.69. The van der Waals surface area contributed by atoms with Gasteiger partial charge in [0.1, 0.15) is 5.75 Å². The van der Waals surface area contributed by atoms with E-state index in [0.717, 1.165) is 11.1 Å². The molecular weight excluding hydrogens is 343 g/mol. The van der Waals surface area contributed by atoms with Crippen LogP contribution < -0.4 is 15.4 Å². The first-order valence-corrected chi connectivity index (χ1v) is 8.10. The molecule has 2 aromatic carbocycles. The van der Waals surface area contributed by atoms with Crippen LogP contribution in [0.3, 0.4) is 0 Å². The number of anilines is 1. The van der Waals surface area contributed by atoms with Gasteiger partial charge in [0.05, 0.1) is 6.61 Å². The zero-order valence-corrected chi connectivity index (χ0v) is 15.0. The highest BCUT2D eigenvalue weighted by molar-refractivity contribution is 7.80. The average molecular weight is 362 g/mol. The number of hydrogen-bond acceptors (Lipinski definition) is 4. The Morgan fingerprint density at radius 1 is 1.20 bits per heavy atom. The molecule has 5 nitrogen and oxygen atoms in total. The lowest BCUT2D eigenvalue weighted by molar-refractivity contribution is 0.158. The van der Waals surface area contributed by atoms with Gasteiger partial charge in [0.15, 0.2) is 16.7 Å². The van der Waals surface area contributed by atoms with Crippen LogP contribution in [0.1, 0.15) is 18.1 Å². The minimum absolute atomic E-state index is 0.0151. The van der Waals surface area contributed by atoms with Crippen molar-refractivity contribution in [1.82, 2.24) is 5.32 Å². The fraction of sp³-hybridized carbons (Fsp3) is 0.222. The van der Waals surface area contributed by atoms with E-state index in [2.05, 4.69) is 10.6 Å². The van der Waals surface area contributed by atoms with Crippen molar-refractivity contribution in [2.75, 3.05) is 11.9 Å². The molecule has 0 aliphatic rings. The second kappa shape index (κ2) is 8.43. The van der Waals surface area contributed by atoms with Gasteiger partial charge in [0.25, 0.3) is 0 Å². The van der Waals surface area contributed by atoms with Crippen molar-refractivity contribution in [2.24, 2.45) is 0 Å². The largest absolute Gasteiger partial charge is 0.454 e. The summed E-state index contributed by atoms with van der Waals surface area (Å²) in [7, 11) is 0. The molecule has 132 valence electrons.